The number of piperidine rings is 2. The number of sulfonamides is 3. The lowest BCUT2D eigenvalue weighted by atomic mass is 10.1. The van der Waals surface area contributed by atoms with E-state index < -0.39 is 36.0 Å². The first-order valence-electron chi connectivity index (χ1n) is 17.6. The molecule has 0 atom stereocenters. The van der Waals surface area contributed by atoms with Gasteiger partial charge in [-0.3, -0.25) is 9.59 Å². The van der Waals surface area contributed by atoms with Gasteiger partial charge in [0.2, 0.25) is 41.9 Å². The van der Waals surface area contributed by atoms with Crippen LogP contribution in [0.5, 0.6) is 0 Å². The van der Waals surface area contributed by atoms with Gasteiger partial charge in [-0.15, -0.1) is 0 Å². The van der Waals surface area contributed by atoms with Crippen LogP contribution in [0.3, 0.4) is 0 Å². The minimum Gasteiger partial charge on any atom is -0.349 e. The molecule has 16 nitrogen and oxygen atoms in total. The Balaban J connectivity index is 0. The number of piperazine rings is 2. The van der Waals surface area contributed by atoms with Gasteiger partial charge in [-0.05, 0) is 67.0 Å². The quantitative estimate of drug-likeness (QED) is 0.380. The minimum atomic E-state index is -3.32. The zero-order chi connectivity index (χ0) is 40.0. The average Bonchev–Trinajstić information content (AvgIpc) is 3.03. The molecule has 19 heteroatoms. The molecule has 0 aromatic rings. The molecule has 4 fully saturated rings. The minimum absolute atomic E-state index is 0.0926. The number of likely N-dealkylation sites (N-methyl/N-ethyl adjacent to an activating group) is 3. The highest BCUT2D eigenvalue weighted by molar-refractivity contribution is 7.89. The van der Waals surface area contributed by atoms with Crippen molar-refractivity contribution in [3.63, 3.8) is 0 Å². The van der Waals surface area contributed by atoms with Crippen molar-refractivity contribution in [2.75, 3.05) is 147 Å². The highest BCUT2D eigenvalue weighted by Crippen LogP contribution is 2.11. The van der Waals surface area contributed by atoms with E-state index in [4.69, 9.17) is 0 Å². The van der Waals surface area contributed by atoms with Crippen molar-refractivity contribution in [3.8, 4) is 0 Å². The monoisotopic (exact) mass is 792 g/mol. The second kappa shape index (κ2) is 26.3. The SMILES string of the molecule is CC(=O)N(C)C.CC(=O)N(C)S(C)(=O)=O.CN1CCCCC1.CN1CCN(C)CC1.CN1CCN(S(C)(=O)=O)CC1.CS(=O)(=O)N1CCCCC1. The summed E-state index contributed by atoms with van der Waals surface area (Å²) in [6.45, 7) is 14.7. The molecule has 4 heterocycles. The Morgan fingerprint density at radius 1 is 0.431 bits per heavy atom. The summed E-state index contributed by atoms with van der Waals surface area (Å²) in [7, 11) is 4.06. The van der Waals surface area contributed by atoms with E-state index in [0.717, 1.165) is 45.3 Å². The highest BCUT2D eigenvalue weighted by Gasteiger charge is 2.21. The largest absolute Gasteiger partial charge is 0.349 e. The molecular formula is C32H72N8O8S3. The number of nitrogens with zero attached hydrogens (tertiary/aromatic N) is 8. The molecule has 4 aliphatic heterocycles. The smallest absolute Gasteiger partial charge is 0.234 e. The van der Waals surface area contributed by atoms with Crippen LogP contribution in [0.25, 0.3) is 0 Å². The molecule has 0 spiro atoms. The molecule has 0 aliphatic carbocycles. The molecule has 0 unspecified atom stereocenters. The van der Waals surface area contributed by atoms with Gasteiger partial charge in [-0.1, -0.05) is 12.8 Å². The highest BCUT2D eigenvalue weighted by atomic mass is 32.2. The number of carbonyl (C=O) groups is 2. The molecule has 0 N–H and O–H groups in total. The Morgan fingerprint density at radius 3 is 0.863 bits per heavy atom. The molecule has 4 saturated heterocycles. The summed E-state index contributed by atoms with van der Waals surface area (Å²) in [5.74, 6) is -0.382. The second-order valence-electron chi connectivity index (χ2n) is 13.8. The maximum absolute atomic E-state index is 11.0. The molecule has 306 valence electrons. The first kappa shape index (κ1) is 51.7. The molecule has 0 aromatic carbocycles. The topological polar surface area (TPSA) is 162 Å². The van der Waals surface area contributed by atoms with Gasteiger partial charge in [0.25, 0.3) is 0 Å². The predicted octanol–water partition coefficient (Wildman–Crippen LogP) is 0.110. The van der Waals surface area contributed by atoms with Crippen molar-refractivity contribution < 1.29 is 34.8 Å². The summed E-state index contributed by atoms with van der Waals surface area (Å²) < 4.78 is 68.5. The molecule has 0 aromatic heterocycles. The van der Waals surface area contributed by atoms with Crippen LogP contribution in [0.4, 0.5) is 0 Å². The van der Waals surface area contributed by atoms with Crippen LogP contribution in [0.15, 0.2) is 0 Å². The van der Waals surface area contributed by atoms with Crippen LogP contribution in [-0.4, -0.2) is 221 Å². The van der Waals surface area contributed by atoms with E-state index in [1.54, 1.807) is 18.4 Å². The number of hydrogen-bond donors (Lipinski definition) is 0. The van der Waals surface area contributed by atoms with Crippen molar-refractivity contribution in [2.24, 2.45) is 0 Å². The lowest BCUT2D eigenvalue weighted by Gasteiger charge is -2.30. The number of hydrogen-bond acceptors (Lipinski definition) is 12. The van der Waals surface area contributed by atoms with E-state index in [1.807, 2.05) is 7.05 Å². The molecule has 0 saturated carbocycles. The number of likely N-dealkylation sites (tertiary alicyclic amines) is 1. The number of carbonyl (C=O) groups excluding carboxylic acids is 2. The average molecular weight is 793 g/mol. The van der Waals surface area contributed by atoms with Gasteiger partial charge in [0.05, 0.1) is 18.8 Å². The maximum Gasteiger partial charge on any atom is 0.234 e. The van der Waals surface area contributed by atoms with Gasteiger partial charge >= 0.3 is 0 Å². The second-order valence-corrected chi connectivity index (χ2v) is 19.8. The first-order chi connectivity index (χ1) is 23.3. The van der Waals surface area contributed by atoms with Crippen LogP contribution in [0, 0.1) is 0 Å². The van der Waals surface area contributed by atoms with Gasteiger partial charge in [0.15, 0.2) is 0 Å². The third kappa shape index (κ3) is 28.7. The van der Waals surface area contributed by atoms with Crippen molar-refractivity contribution >= 4 is 41.9 Å². The summed E-state index contributed by atoms with van der Waals surface area (Å²) in [6, 6.07) is 0. The summed E-state index contributed by atoms with van der Waals surface area (Å²) >= 11 is 0. The van der Waals surface area contributed by atoms with Crippen LogP contribution in [0.1, 0.15) is 52.4 Å². The van der Waals surface area contributed by atoms with Crippen LogP contribution in [-0.2, 0) is 39.7 Å². The Morgan fingerprint density at radius 2 is 0.686 bits per heavy atom. The molecule has 51 heavy (non-hydrogen) atoms. The maximum atomic E-state index is 11.0. The van der Waals surface area contributed by atoms with Crippen molar-refractivity contribution in [1.29, 1.82) is 0 Å². The van der Waals surface area contributed by atoms with Crippen molar-refractivity contribution in [2.45, 2.75) is 52.4 Å². The van der Waals surface area contributed by atoms with Gasteiger partial charge in [0.1, 0.15) is 0 Å². The molecule has 0 bridgehead atoms. The molecule has 2 amide bonds. The summed E-state index contributed by atoms with van der Waals surface area (Å²) in [6.07, 6.45) is 11.0. The van der Waals surface area contributed by atoms with E-state index in [0.29, 0.717) is 17.4 Å². The van der Waals surface area contributed by atoms with E-state index >= 15 is 0 Å². The molecular weight excluding hydrogens is 721 g/mol. The van der Waals surface area contributed by atoms with Crippen LogP contribution >= 0.6 is 0 Å². The fourth-order valence-corrected chi connectivity index (χ4v) is 6.72. The normalized spacial score (nSPS) is 20.1. The van der Waals surface area contributed by atoms with Crippen LogP contribution < -0.4 is 0 Å². The van der Waals surface area contributed by atoms with E-state index in [2.05, 4.69) is 40.7 Å². The van der Waals surface area contributed by atoms with Gasteiger partial charge in [0, 0.05) is 100 Å². The third-order valence-corrected chi connectivity index (χ3v) is 12.5. The molecule has 4 rings (SSSR count). The fourth-order valence-electron chi connectivity index (χ4n) is 4.51. The van der Waals surface area contributed by atoms with Gasteiger partial charge in [-0.2, -0.15) is 4.31 Å². The Labute approximate surface area is 312 Å². The van der Waals surface area contributed by atoms with Gasteiger partial charge in [-0.25, -0.2) is 33.9 Å². The first-order valence-corrected chi connectivity index (χ1v) is 23.1. The summed E-state index contributed by atoms with van der Waals surface area (Å²) in [5, 5.41) is 0. The summed E-state index contributed by atoms with van der Waals surface area (Å²) in [4.78, 5) is 31.2. The van der Waals surface area contributed by atoms with E-state index in [-0.39, 0.29) is 5.91 Å². The van der Waals surface area contributed by atoms with E-state index in [1.165, 1.54) is 108 Å². The number of rotatable bonds is 3. The Bertz CT molecular complexity index is 1260. The lowest BCUT2D eigenvalue weighted by Crippen LogP contribution is -2.46. The molecule has 0 radical (unpaired) electrons. The molecule has 4 aliphatic rings. The van der Waals surface area contributed by atoms with Gasteiger partial charge < -0.3 is 24.5 Å². The van der Waals surface area contributed by atoms with E-state index in [9.17, 15) is 34.8 Å². The summed E-state index contributed by atoms with van der Waals surface area (Å²) in [5.41, 5.74) is 0. The Kier molecular flexibility index (Phi) is 26.7. The zero-order valence-electron chi connectivity index (χ0n) is 33.8. The van der Waals surface area contributed by atoms with Crippen molar-refractivity contribution in [1.82, 2.24) is 37.4 Å². The van der Waals surface area contributed by atoms with Crippen LogP contribution in [0.2, 0.25) is 0 Å². The zero-order valence-corrected chi connectivity index (χ0v) is 36.2. The fraction of sp³-hybridized carbons (Fsp3) is 0.938. The standard InChI is InChI=1S/C6H14N2O2S.C6H14N2.C6H13NO2S.C6H13N.C4H9NO3S.C4H9NO/c1-7-3-5-8(6-4-7)11(2,9)10;1-7-3-5-8(2)6-4-7;1-10(8,9)7-5-3-2-4-6-7;1-7-5-3-2-4-6-7;1-4(6)5(2)9(3,7)8;1-4(6)5(2)3/h3-6H2,1-2H3;3-6H2,1-2H3;2-6H2,1H3;2-6H2,1H3;1-3H3;1-3H3. The lowest BCUT2D eigenvalue weighted by molar-refractivity contribution is -0.126. The number of amides is 2. The van der Waals surface area contributed by atoms with Crippen molar-refractivity contribution in [3.05, 3.63) is 0 Å². The third-order valence-electron chi connectivity index (χ3n) is 8.59. The Hall–Kier alpha value is -1.45. The predicted molar refractivity (Wildman–Crippen MR) is 208 cm³/mol.